The summed E-state index contributed by atoms with van der Waals surface area (Å²) in [6.07, 6.45) is -4.17. The number of carbonyl (C=O) groups is 2. The number of H-pyrrole nitrogens is 1. The first kappa shape index (κ1) is 21.4. The van der Waals surface area contributed by atoms with Crippen LogP contribution in [0.4, 0.5) is 23.7 Å². The molecule has 7 nitrogen and oxygen atoms in total. The predicted octanol–water partition coefficient (Wildman–Crippen LogP) is 4.39. The van der Waals surface area contributed by atoms with Crippen LogP contribution in [0.3, 0.4) is 0 Å². The van der Waals surface area contributed by atoms with Gasteiger partial charge in [-0.05, 0) is 42.3 Å². The average Bonchev–Trinajstić information content (AvgIpc) is 3.11. The van der Waals surface area contributed by atoms with E-state index in [1.807, 2.05) is 0 Å². The average molecular weight is 441 g/mol. The number of carbonyl (C=O) groups excluding carboxylic acids is 2. The maximum absolute atomic E-state index is 12.9. The summed E-state index contributed by atoms with van der Waals surface area (Å²) < 4.78 is 43.3. The molecule has 2 amide bonds. The Morgan fingerprint density at radius 3 is 2.67 bits per heavy atom. The first-order valence-corrected chi connectivity index (χ1v) is 9.03. The van der Waals surface area contributed by atoms with Gasteiger partial charge in [0.05, 0.1) is 28.7 Å². The first-order valence-electron chi connectivity index (χ1n) is 8.66. The molecular weight excluding hydrogens is 425 g/mol. The number of nitrogens with zero attached hydrogens (tertiary/aromatic N) is 1. The third-order valence-corrected chi connectivity index (χ3v) is 4.48. The molecule has 0 aliphatic heterocycles. The van der Waals surface area contributed by atoms with E-state index in [9.17, 15) is 22.8 Å². The number of imidazole rings is 1. The number of esters is 1. The largest absolute Gasteiger partial charge is 0.463 e. The SMILES string of the molecule is COC(=O)c1nc2ccc(CCNC(=O)Nc3ccc(Cl)c(C(F)(F)F)c3)cc2[nH]1. The van der Waals surface area contributed by atoms with Crippen molar-refractivity contribution in [3.8, 4) is 0 Å². The summed E-state index contributed by atoms with van der Waals surface area (Å²) in [6, 6.07) is 7.76. The number of nitrogens with one attached hydrogen (secondary N) is 3. The number of hydrogen-bond donors (Lipinski definition) is 3. The summed E-state index contributed by atoms with van der Waals surface area (Å²) in [6.45, 7) is 0.231. The summed E-state index contributed by atoms with van der Waals surface area (Å²) in [5.74, 6) is -0.495. The van der Waals surface area contributed by atoms with E-state index < -0.39 is 28.8 Å². The second-order valence-electron chi connectivity index (χ2n) is 6.25. The molecule has 0 unspecified atom stereocenters. The minimum absolute atomic E-state index is 0.0292. The molecule has 1 aromatic heterocycles. The molecule has 0 aliphatic rings. The zero-order valence-electron chi connectivity index (χ0n) is 15.6. The van der Waals surface area contributed by atoms with Crippen molar-refractivity contribution in [2.24, 2.45) is 0 Å². The number of hydrogen-bond acceptors (Lipinski definition) is 4. The number of alkyl halides is 3. The maximum atomic E-state index is 12.9. The molecule has 0 spiro atoms. The smallest absolute Gasteiger partial charge is 0.417 e. The van der Waals surface area contributed by atoms with Gasteiger partial charge in [-0.1, -0.05) is 17.7 Å². The number of amides is 2. The molecular formula is C19H16ClF3N4O3. The molecule has 0 fully saturated rings. The van der Waals surface area contributed by atoms with E-state index in [2.05, 4.69) is 25.3 Å². The summed E-state index contributed by atoms with van der Waals surface area (Å²) in [5, 5.41) is 4.47. The van der Waals surface area contributed by atoms with Gasteiger partial charge in [0.15, 0.2) is 0 Å². The Morgan fingerprint density at radius 2 is 1.97 bits per heavy atom. The van der Waals surface area contributed by atoms with Gasteiger partial charge >= 0.3 is 18.2 Å². The number of aromatic amines is 1. The topological polar surface area (TPSA) is 96.1 Å². The quantitative estimate of drug-likeness (QED) is 0.513. The molecule has 2 aromatic carbocycles. The van der Waals surface area contributed by atoms with Crippen LogP contribution in [-0.4, -0.2) is 35.6 Å². The zero-order chi connectivity index (χ0) is 21.9. The summed E-state index contributed by atoms with van der Waals surface area (Å²) in [4.78, 5) is 30.5. The fourth-order valence-electron chi connectivity index (χ4n) is 2.72. The number of fused-ring (bicyclic) bond motifs is 1. The van der Waals surface area contributed by atoms with Crippen LogP contribution in [0.2, 0.25) is 5.02 Å². The molecule has 3 N–H and O–H groups in total. The molecule has 158 valence electrons. The van der Waals surface area contributed by atoms with Crippen molar-refractivity contribution in [3.63, 3.8) is 0 Å². The van der Waals surface area contributed by atoms with Crippen LogP contribution >= 0.6 is 11.6 Å². The van der Waals surface area contributed by atoms with Crippen molar-refractivity contribution >= 4 is 40.3 Å². The van der Waals surface area contributed by atoms with E-state index in [1.54, 1.807) is 18.2 Å². The minimum Gasteiger partial charge on any atom is -0.463 e. The second-order valence-corrected chi connectivity index (χ2v) is 6.66. The van der Waals surface area contributed by atoms with E-state index in [0.717, 1.165) is 17.7 Å². The van der Waals surface area contributed by atoms with E-state index >= 15 is 0 Å². The number of ether oxygens (including phenoxy) is 1. The zero-order valence-corrected chi connectivity index (χ0v) is 16.3. The predicted molar refractivity (Wildman–Crippen MR) is 105 cm³/mol. The van der Waals surface area contributed by atoms with Crippen molar-refractivity contribution in [2.75, 3.05) is 19.0 Å². The lowest BCUT2D eigenvalue weighted by molar-refractivity contribution is -0.137. The van der Waals surface area contributed by atoms with Crippen LogP contribution in [0.15, 0.2) is 36.4 Å². The first-order chi connectivity index (χ1) is 14.2. The fraction of sp³-hybridized carbons (Fsp3) is 0.211. The maximum Gasteiger partial charge on any atom is 0.417 e. The molecule has 3 rings (SSSR count). The van der Waals surface area contributed by atoms with Gasteiger partial charge in [-0.15, -0.1) is 0 Å². The monoisotopic (exact) mass is 440 g/mol. The summed E-state index contributed by atoms with van der Waals surface area (Å²) >= 11 is 5.56. The Morgan fingerprint density at radius 1 is 1.20 bits per heavy atom. The highest BCUT2D eigenvalue weighted by Gasteiger charge is 2.33. The second kappa shape index (κ2) is 8.62. The molecule has 3 aromatic rings. The molecule has 0 radical (unpaired) electrons. The Hall–Kier alpha value is -3.27. The number of benzene rings is 2. The van der Waals surface area contributed by atoms with Gasteiger partial charge in [0, 0.05) is 12.2 Å². The highest BCUT2D eigenvalue weighted by Crippen LogP contribution is 2.36. The number of urea groups is 1. The third-order valence-electron chi connectivity index (χ3n) is 4.15. The van der Waals surface area contributed by atoms with E-state index in [4.69, 9.17) is 11.6 Å². The normalized spacial score (nSPS) is 11.4. The molecule has 11 heteroatoms. The number of anilines is 1. The molecule has 30 heavy (non-hydrogen) atoms. The highest BCUT2D eigenvalue weighted by atomic mass is 35.5. The van der Waals surface area contributed by atoms with Gasteiger partial charge in [-0.25, -0.2) is 14.6 Å². The van der Waals surface area contributed by atoms with Gasteiger partial charge in [0.25, 0.3) is 0 Å². The Balaban J connectivity index is 1.57. The standard InChI is InChI=1S/C19H16ClF3N4O3/c1-30-17(28)16-26-14-5-2-10(8-15(14)27-16)6-7-24-18(29)25-11-3-4-13(20)12(9-11)19(21,22)23/h2-5,8-9H,6-7H2,1H3,(H,26,27)(H2,24,25,29). The molecule has 0 saturated carbocycles. The van der Waals surface area contributed by atoms with Crippen LogP contribution in [-0.2, 0) is 17.3 Å². The summed E-state index contributed by atoms with van der Waals surface area (Å²) in [7, 11) is 1.26. The van der Waals surface area contributed by atoms with Crippen LogP contribution in [0.5, 0.6) is 0 Å². The van der Waals surface area contributed by atoms with Gasteiger partial charge in [0.1, 0.15) is 0 Å². The van der Waals surface area contributed by atoms with E-state index in [0.29, 0.717) is 17.5 Å². The lowest BCUT2D eigenvalue weighted by Gasteiger charge is -2.12. The molecule has 0 bridgehead atoms. The van der Waals surface area contributed by atoms with Crippen molar-refractivity contribution in [1.29, 1.82) is 0 Å². The molecule has 0 atom stereocenters. The van der Waals surface area contributed by atoms with E-state index in [-0.39, 0.29) is 18.1 Å². The summed E-state index contributed by atoms with van der Waals surface area (Å²) in [5.41, 5.74) is 1.03. The van der Waals surface area contributed by atoms with Crippen molar-refractivity contribution in [3.05, 3.63) is 58.4 Å². The molecule has 0 aliphatic carbocycles. The van der Waals surface area contributed by atoms with E-state index in [1.165, 1.54) is 13.2 Å². The van der Waals surface area contributed by atoms with Crippen molar-refractivity contribution in [1.82, 2.24) is 15.3 Å². The van der Waals surface area contributed by atoms with Crippen LogP contribution in [0.25, 0.3) is 11.0 Å². The number of rotatable bonds is 5. The van der Waals surface area contributed by atoms with Crippen LogP contribution in [0, 0.1) is 0 Å². The molecule has 0 saturated heterocycles. The minimum atomic E-state index is -4.62. The van der Waals surface area contributed by atoms with Gasteiger partial charge in [-0.2, -0.15) is 13.2 Å². The Bertz CT molecular complexity index is 1100. The van der Waals surface area contributed by atoms with Crippen LogP contribution < -0.4 is 10.6 Å². The number of methoxy groups -OCH3 is 1. The van der Waals surface area contributed by atoms with Crippen molar-refractivity contribution < 1.29 is 27.5 Å². The fourth-order valence-corrected chi connectivity index (χ4v) is 2.95. The number of aromatic nitrogens is 2. The van der Waals surface area contributed by atoms with Crippen molar-refractivity contribution in [2.45, 2.75) is 12.6 Å². The Labute approximate surface area is 173 Å². The lowest BCUT2D eigenvalue weighted by Crippen LogP contribution is -2.30. The van der Waals surface area contributed by atoms with Gasteiger partial charge < -0.3 is 20.4 Å². The third kappa shape index (κ3) is 5.01. The van der Waals surface area contributed by atoms with Gasteiger partial charge in [0.2, 0.25) is 5.82 Å². The van der Waals surface area contributed by atoms with Crippen LogP contribution in [0.1, 0.15) is 21.7 Å². The molecule has 1 heterocycles. The van der Waals surface area contributed by atoms with Gasteiger partial charge in [-0.3, -0.25) is 0 Å². The highest BCUT2D eigenvalue weighted by molar-refractivity contribution is 6.31. The number of halogens is 4. The Kier molecular flexibility index (Phi) is 6.16. The lowest BCUT2D eigenvalue weighted by atomic mass is 10.1.